The van der Waals surface area contributed by atoms with Crippen LogP contribution in [0.15, 0.2) is 54.1 Å². The van der Waals surface area contributed by atoms with Crippen LogP contribution in [-0.2, 0) is 20.7 Å². The summed E-state index contributed by atoms with van der Waals surface area (Å²) in [6, 6.07) is 17.2. The van der Waals surface area contributed by atoms with Crippen molar-refractivity contribution in [2.24, 2.45) is 0 Å². The normalized spacial score (nSPS) is 11.0. The van der Waals surface area contributed by atoms with Crippen LogP contribution in [0.25, 0.3) is 11.8 Å². The van der Waals surface area contributed by atoms with E-state index in [1.807, 2.05) is 86.9 Å². The Kier molecular flexibility index (Phi) is 8.11. The van der Waals surface area contributed by atoms with Gasteiger partial charge in [-0.1, -0.05) is 25.1 Å². The van der Waals surface area contributed by atoms with Gasteiger partial charge in [0.1, 0.15) is 17.4 Å². The molecule has 1 amide bonds. The van der Waals surface area contributed by atoms with Crippen LogP contribution in [-0.4, -0.2) is 30.2 Å². The zero-order valence-electron chi connectivity index (χ0n) is 20.6. The van der Waals surface area contributed by atoms with Gasteiger partial charge in [-0.05, 0) is 80.3 Å². The molecule has 0 radical (unpaired) electrons. The molecule has 3 aromatic rings. The van der Waals surface area contributed by atoms with Crippen LogP contribution in [0, 0.1) is 32.1 Å². The van der Waals surface area contributed by atoms with Gasteiger partial charge in [0.2, 0.25) is 0 Å². The summed E-state index contributed by atoms with van der Waals surface area (Å²) in [4.78, 5) is 25.0. The number of methoxy groups -OCH3 is 1. The van der Waals surface area contributed by atoms with Crippen molar-refractivity contribution in [2.45, 2.75) is 34.1 Å². The minimum Gasteiger partial charge on any atom is -0.497 e. The second kappa shape index (κ2) is 11.2. The van der Waals surface area contributed by atoms with Gasteiger partial charge < -0.3 is 19.4 Å². The first-order chi connectivity index (χ1) is 16.8. The average molecular weight is 472 g/mol. The highest BCUT2D eigenvalue weighted by Crippen LogP contribution is 2.25. The number of rotatable bonds is 8. The Morgan fingerprint density at radius 1 is 1.11 bits per heavy atom. The number of carbonyl (C=O) groups excluding carboxylic acids is 2. The van der Waals surface area contributed by atoms with Gasteiger partial charge >= 0.3 is 5.97 Å². The Morgan fingerprint density at radius 3 is 2.46 bits per heavy atom. The molecule has 0 aliphatic rings. The van der Waals surface area contributed by atoms with E-state index in [0.717, 1.165) is 46.1 Å². The highest BCUT2D eigenvalue weighted by atomic mass is 16.5. The molecule has 0 bridgehead atoms. The maximum absolute atomic E-state index is 12.6. The number of aryl methyl sites for hydroxylation is 3. The van der Waals surface area contributed by atoms with Crippen molar-refractivity contribution in [2.75, 3.05) is 19.0 Å². The van der Waals surface area contributed by atoms with E-state index in [0.29, 0.717) is 5.56 Å². The van der Waals surface area contributed by atoms with E-state index in [4.69, 9.17) is 9.47 Å². The number of hydrogen-bond donors (Lipinski definition) is 1. The highest BCUT2D eigenvalue weighted by molar-refractivity contribution is 6.00. The van der Waals surface area contributed by atoms with Gasteiger partial charge in [-0.15, -0.1) is 0 Å². The fourth-order valence-electron chi connectivity index (χ4n) is 3.94. The molecule has 0 unspecified atom stereocenters. The number of ether oxygens (including phenoxy) is 2. The molecule has 1 aromatic heterocycles. The van der Waals surface area contributed by atoms with Gasteiger partial charge in [0, 0.05) is 22.8 Å². The van der Waals surface area contributed by atoms with E-state index in [1.165, 1.54) is 6.08 Å². The summed E-state index contributed by atoms with van der Waals surface area (Å²) in [5.41, 5.74) is 5.90. The Bertz CT molecular complexity index is 1310. The minimum atomic E-state index is -0.850. The molecule has 0 aliphatic heterocycles. The van der Waals surface area contributed by atoms with Gasteiger partial charge in [0.05, 0.1) is 7.11 Å². The number of aromatic nitrogens is 1. The number of hydrogen-bond acceptors (Lipinski definition) is 5. The Labute approximate surface area is 205 Å². The van der Waals surface area contributed by atoms with Crippen molar-refractivity contribution in [1.82, 2.24) is 4.57 Å². The molecule has 0 atom stereocenters. The van der Waals surface area contributed by atoms with E-state index in [9.17, 15) is 14.9 Å². The van der Waals surface area contributed by atoms with Crippen LogP contribution in [0.3, 0.4) is 0 Å². The maximum Gasteiger partial charge on any atom is 0.349 e. The average Bonchev–Trinajstić information content (AvgIpc) is 3.14. The molecule has 3 rings (SSSR count). The summed E-state index contributed by atoms with van der Waals surface area (Å²) >= 11 is 0. The molecule has 35 heavy (non-hydrogen) atoms. The van der Waals surface area contributed by atoms with Crippen LogP contribution in [0.1, 0.15) is 35.0 Å². The standard InChI is InChI=1S/C28H29N3O4/c1-6-21-9-7-8-18(2)27(21)30-26(32)17-35-28(33)23(16-29)15-22-14-19(3)31(20(22)4)24-10-12-25(34-5)13-11-24/h7-15H,6,17H2,1-5H3,(H,30,32)/b23-15+. The molecule has 1 N–H and O–H groups in total. The van der Waals surface area contributed by atoms with Crippen LogP contribution in [0.5, 0.6) is 5.75 Å². The van der Waals surface area contributed by atoms with Gasteiger partial charge in [-0.3, -0.25) is 4.79 Å². The van der Waals surface area contributed by atoms with Crippen molar-refractivity contribution in [3.05, 3.63) is 82.2 Å². The van der Waals surface area contributed by atoms with E-state index >= 15 is 0 Å². The molecular formula is C28H29N3O4. The first-order valence-corrected chi connectivity index (χ1v) is 11.3. The molecule has 2 aromatic carbocycles. The van der Waals surface area contributed by atoms with E-state index in [-0.39, 0.29) is 5.57 Å². The molecule has 0 saturated carbocycles. The first kappa shape index (κ1) is 25.3. The van der Waals surface area contributed by atoms with Crippen molar-refractivity contribution < 1.29 is 19.1 Å². The topological polar surface area (TPSA) is 93.4 Å². The lowest BCUT2D eigenvalue weighted by Gasteiger charge is -2.13. The zero-order valence-corrected chi connectivity index (χ0v) is 20.6. The van der Waals surface area contributed by atoms with E-state index in [2.05, 4.69) is 5.32 Å². The van der Waals surface area contributed by atoms with Crippen LogP contribution in [0.4, 0.5) is 5.69 Å². The highest BCUT2D eigenvalue weighted by Gasteiger charge is 2.17. The molecule has 0 aliphatic carbocycles. The Hall–Kier alpha value is -4.31. The van der Waals surface area contributed by atoms with Gasteiger partial charge in [0.15, 0.2) is 6.61 Å². The third-order valence-corrected chi connectivity index (χ3v) is 5.78. The molecule has 180 valence electrons. The van der Waals surface area contributed by atoms with Gasteiger partial charge in [-0.25, -0.2) is 4.79 Å². The van der Waals surface area contributed by atoms with E-state index in [1.54, 1.807) is 7.11 Å². The molecule has 0 fully saturated rings. The maximum atomic E-state index is 12.6. The second-order valence-corrected chi connectivity index (χ2v) is 8.12. The zero-order chi connectivity index (χ0) is 25.5. The van der Waals surface area contributed by atoms with E-state index < -0.39 is 18.5 Å². The van der Waals surface area contributed by atoms with Gasteiger partial charge in [0.25, 0.3) is 5.91 Å². The van der Waals surface area contributed by atoms with Crippen molar-refractivity contribution in [3.8, 4) is 17.5 Å². The van der Waals surface area contributed by atoms with Crippen LogP contribution in [0.2, 0.25) is 0 Å². The number of anilines is 1. The molecule has 1 heterocycles. The summed E-state index contributed by atoms with van der Waals surface area (Å²) in [7, 11) is 1.61. The largest absolute Gasteiger partial charge is 0.497 e. The van der Waals surface area contributed by atoms with Crippen molar-refractivity contribution >= 4 is 23.6 Å². The number of nitrogens with one attached hydrogen (secondary N) is 1. The Morgan fingerprint density at radius 2 is 1.83 bits per heavy atom. The molecule has 7 heteroatoms. The predicted octanol–water partition coefficient (Wildman–Crippen LogP) is 5.06. The first-order valence-electron chi connectivity index (χ1n) is 11.3. The third-order valence-electron chi connectivity index (χ3n) is 5.78. The molecule has 7 nitrogen and oxygen atoms in total. The number of amides is 1. The number of para-hydroxylation sites is 1. The quantitative estimate of drug-likeness (QED) is 0.281. The summed E-state index contributed by atoms with van der Waals surface area (Å²) in [5, 5.41) is 12.4. The van der Waals surface area contributed by atoms with Gasteiger partial charge in [-0.2, -0.15) is 5.26 Å². The summed E-state index contributed by atoms with van der Waals surface area (Å²) in [6.07, 6.45) is 2.24. The van der Waals surface area contributed by atoms with Crippen LogP contribution < -0.4 is 10.1 Å². The lowest BCUT2D eigenvalue weighted by molar-refractivity contribution is -0.142. The van der Waals surface area contributed by atoms with Crippen LogP contribution >= 0.6 is 0 Å². The number of carbonyl (C=O) groups is 2. The lowest BCUT2D eigenvalue weighted by Crippen LogP contribution is -2.22. The number of nitrogens with zero attached hydrogens (tertiary/aromatic N) is 2. The number of esters is 1. The Balaban J connectivity index is 1.74. The molecule has 0 saturated heterocycles. The number of nitriles is 1. The SMILES string of the molecule is CCc1cccc(C)c1NC(=O)COC(=O)/C(C#N)=C/c1cc(C)n(-c2ccc(OC)cc2)c1C. The minimum absolute atomic E-state index is 0.182. The van der Waals surface area contributed by atoms with Crippen molar-refractivity contribution in [3.63, 3.8) is 0 Å². The lowest BCUT2D eigenvalue weighted by atomic mass is 10.1. The monoisotopic (exact) mass is 471 g/mol. The second-order valence-electron chi connectivity index (χ2n) is 8.12. The fourth-order valence-corrected chi connectivity index (χ4v) is 3.94. The summed E-state index contributed by atoms with van der Waals surface area (Å²) < 4.78 is 12.4. The fraction of sp³-hybridized carbons (Fsp3) is 0.250. The predicted molar refractivity (Wildman–Crippen MR) is 136 cm³/mol. The molecule has 0 spiro atoms. The summed E-state index contributed by atoms with van der Waals surface area (Å²) in [6.45, 7) is 7.27. The smallest absolute Gasteiger partial charge is 0.349 e. The molecular weight excluding hydrogens is 442 g/mol. The third kappa shape index (κ3) is 5.79. The summed E-state index contributed by atoms with van der Waals surface area (Å²) in [5.74, 6) is -0.557. The number of benzene rings is 2. The van der Waals surface area contributed by atoms with Crippen molar-refractivity contribution in [1.29, 1.82) is 5.26 Å².